The van der Waals surface area contributed by atoms with Crippen molar-refractivity contribution in [3.63, 3.8) is 0 Å². The minimum atomic E-state index is -0.0880. The van der Waals surface area contributed by atoms with Crippen molar-refractivity contribution in [2.45, 2.75) is 19.2 Å². The van der Waals surface area contributed by atoms with Crippen molar-refractivity contribution >= 4 is 0 Å². The highest BCUT2D eigenvalue weighted by atomic mass is 16.5. The van der Waals surface area contributed by atoms with Crippen molar-refractivity contribution in [3.8, 4) is 5.75 Å². The highest BCUT2D eigenvalue weighted by Gasteiger charge is 2.07. The molecular formula is C18H23NO3. The van der Waals surface area contributed by atoms with Crippen LogP contribution in [0.15, 0.2) is 54.6 Å². The number of rotatable bonds is 9. The summed E-state index contributed by atoms with van der Waals surface area (Å²) in [6.45, 7) is 1.73. The lowest BCUT2D eigenvalue weighted by Gasteiger charge is -2.17. The molecule has 0 radical (unpaired) electrons. The van der Waals surface area contributed by atoms with Gasteiger partial charge in [0.2, 0.25) is 0 Å². The average molecular weight is 301 g/mol. The van der Waals surface area contributed by atoms with Gasteiger partial charge in [-0.2, -0.15) is 0 Å². The van der Waals surface area contributed by atoms with E-state index < -0.39 is 0 Å². The van der Waals surface area contributed by atoms with Gasteiger partial charge in [0.05, 0.1) is 33.0 Å². The summed E-state index contributed by atoms with van der Waals surface area (Å²) in [5.74, 6) is 0.833. The smallest absolute Gasteiger partial charge is 0.119 e. The van der Waals surface area contributed by atoms with Crippen LogP contribution in [0.3, 0.4) is 0 Å². The molecule has 118 valence electrons. The number of aliphatic hydroxyl groups excluding tert-OH is 1. The Morgan fingerprint density at radius 2 is 1.82 bits per heavy atom. The van der Waals surface area contributed by atoms with E-state index in [4.69, 9.17) is 9.47 Å². The molecule has 4 heteroatoms. The topological polar surface area (TPSA) is 50.7 Å². The van der Waals surface area contributed by atoms with Gasteiger partial charge in [-0.1, -0.05) is 42.5 Å². The first-order valence-corrected chi connectivity index (χ1v) is 7.40. The lowest BCUT2D eigenvalue weighted by atomic mass is 10.2. The van der Waals surface area contributed by atoms with E-state index in [-0.39, 0.29) is 12.6 Å². The van der Waals surface area contributed by atoms with Gasteiger partial charge in [-0.15, -0.1) is 0 Å². The van der Waals surface area contributed by atoms with E-state index in [0.29, 0.717) is 19.8 Å². The quantitative estimate of drug-likeness (QED) is 0.746. The maximum absolute atomic E-state index is 9.43. The molecule has 0 unspecified atom stereocenters. The number of aliphatic hydroxyl groups is 1. The molecule has 0 aromatic heterocycles. The molecule has 2 aromatic rings. The fourth-order valence-electron chi connectivity index (χ4n) is 2.11. The Bertz CT molecular complexity index is 545. The molecule has 0 saturated heterocycles. The third kappa shape index (κ3) is 5.48. The van der Waals surface area contributed by atoms with Crippen LogP contribution in [0, 0.1) is 0 Å². The van der Waals surface area contributed by atoms with E-state index in [9.17, 15) is 5.11 Å². The van der Waals surface area contributed by atoms with Crippen molar-refractivity contribution in [2.75, 3.05) is 20.3 Å². The number of methoxy groups -OCH3 is 1. The van der Waals surface area contributed by atoms with Gasteiger partial charge >= 0.3 is 0 Å². The number of ether oxygens (including phenoxy) is 2. The predicted octanol–water partition coefficient (Wildman–Crippen LogP) is 2.36. The average Bonchev–Trinajstić information content (AvgIpc) is 2.59. The Morgan fingerprint density at radius 1 is 1.05 bits per heavy atom. The van der Waals surface area contributed by atoms with Gasteiger partial charge in [-0.05, 0) is 23.3 Å². The van der Waals surface area contributed by atoms with Crippen LogP contribution in [-0.4, -0.2) is 31.5 Å². The second-order valence-corrected chi connectivity index (χ2v) is 5.11. The first-order valence-electron chi connectivity index (χ1n) is 7.40. The van der Waals surface area contributed by atoms with Gasteiger partial charge < -0.3 is 19.9 Å². The Morgan fingerprint density at radius 3 is 2.55 bits per heavy atom. The zero-order valence-electron chi connectivity index (χ0n) is 12.9. The first kappa shape index (κ1) is 16.5. The largest absolute Gasteiger partial charge is 0.497 e. The molecule has 0 heterocycles. The van der Waals surface area contributed by atoms with E-state index >= 15 is 0 Å². The molecule has 0 spiro atoms. The molecule has 1 atom stereocenters. The molecule has 2 N–H and O–H groups in total. The highest BCUT2D eigenvalue weighted by Crippen LogP contribution is 2.12. The predicted molar refractivity (Wildman–Crippen MR) is 86.8 cm³/mol. The van der Waals surface area contributed by atoms with Crippen molar-refractivity contribution in [2.24, 2.45) is 0 Å². The van der Waals surface area contributed by atoms with Gasteiger partial charge in [0.1, 0.15) is 5.75 Å². The van der Waals surface area contributed by atoms with Crippen LogP contribution < -0.4 is 10.1 Å². The lowest BCUT2D eigenvalue weighted by molar-refractivity contribution is 0.0777. The van der Waals surface area contributed by atoms with Gasteiger partial charge in [0.25, 0.3) is 0 Å². The summed E-state index contributed by atoms with van der Waals surface area (Å²) >= 11 is 0. The second-order valence-electron chi connectivity index (χ2n) is 5.11. The Balaban J connectivity index is 1.74. The van der Waals surface area contributed by atoms with Crippen LogP contribution >= 0.6 is 0 Å². The van der Waals surface area contributed by atoms with Gasteiger partial charge in [0, 0.05) is 6.54 Å². The van der Waals surface area contributed by atoms with E-state index in [1.165, 1.54) is 0 Å². The fourth-order valence-corrected chi connectivity index (χ4v) is 2.11. The molecule has 0 bridgehead atoms. The van der Waals surface area contributed by atoms with E-state index in [0.717, 1.165) is 16.9 Å². The number of hydrogen-bond donors (Lipinski definition) is 2. The third-order valence-electron chi connectivity index (χ3n) is 3.38. The van der Waals surface area contributed by atoms with E-state index in [1.807, 2.05) is 54.6 Å². The molecular weight excluding hydrogens is 278 g/mol. The molecule has 0 aliphatic heterocycles. The Hall–Kier alpha value is -1.88. The zero-order valence-corrected chi connectivity index (χ0v) is 12.9. The fraction of sp³-hybridized carbons (Fsp3) is 0.333. The lowest BCUT2D eigenvalue weighted by Crippen LogP contribution is -2.36. The normalized spacial score (nSPS) is 12.1. The Kier molecular flexibility index (Phi) is 6.90. The van der Waals surface area contributed by atoms with Crippen LogP contribution in [0.2, 0.25) is 0 Å². The molecule has 0 amide bonds. The van der Waals surface area contributed by atoms with Gasteiger partial charge in [0.15, 0.2) is 0 Å². The van der Waals surface area contributed by atoms with Crippen molar-refractivity contribution < 1.29 is 14.6 Å². The van der Waals surface area contributed by atoms with Crippen LogP contribution in [0.4, 0.5) is 0 Å². The third-order valence-corrected chi connectivity index (χ3v) is 3.38. The molecule has 0 fully saturated rings. The highest BCUT2D eigenvalue weighted by molar-refractivity contribution is 5.28. The molecule has 22 heavy (non-hydrogen) atoms. The summed E-state index contributed by atoms with van der Waals surface area (Å²) in [6, 6.07) is 17.8. The van der Waals surface area contributed by atoms with Crippen molar-refractivity contribution in [1.82, 2.24) is 5.32 Å². The Labute approximate surface area is 131 Å². The molecule has 2 rings (SSSR count). The van der Waals surface area contributed by atoms with Crippen LogP contribution in [0.5, 0.6) is 5.75 Å². The van der Waals surface area contributed by atoms with Crippen LogP contribution in [0.25, 0.3) is 0 Å². The monoisotopic (exact) mass is 301 g/mol. The summed E-state index contributed by atoms with van der Waals surface area (Å²) in [5.41, 5.74) is 2.24. The number of benzene rings is 2. The summed E-state index contributed by atoms with van der Waals surface area (Å²) < 4.78 is 10.9. The maximum Gasteiger partial charge on any atom is 0.119 e. The summed E-state index contributed by atoms with van der Waals surface area (Å²) in [6.07, 6.45) is 0. The second kappa shape index (κ2) is 9.20. The minimum Gasteiger partial charge on any atom is -0.497 e. The summed E-state index contributed by atoms with van der Waals surface area (Å²) in [4.78, 5) is 0. The molecule has 0 aliphatic rings. The van der Waals surface area contributed by atoms with Gasteiger partial charge in [-0.3, -0.25) is 0 Å². The minimum absolute atomic E-state index is 0.0404. The number of nitrogens with one attached hydrogen (secondary N) is 1. The zero-order chi connectivity index (χ0) is 15.6. The standard InChI is InChI=1S/C18H23NO3/c1-21-18-9-5-8-16(10-18)11-19-17(12-20)14-22-13-15-6-3-2-4-7-15/h2-10,17,19-20H,11-14H2,1H3/t17-/m1/s1. The molecule has 4 nitrogen and oxygen atoms in total. The van der Waals surface area contributed by atoms with Crippen molar-refractivity contribution in [1.29, 1.82) is 0 Å². The van der Waals surface area contributed by atoms with E-state index in [1.54, 1.807) is 7.11 Å². The van der Waals surface area contributed by atoms with Gasteiger partial charge in [-0.25, -0.2) is 0 Å². The van der Waals surface area contributed by atoms with Crippen LogP contribution in [0.1, 0.15) is 11.1 Å². The molecule has 0 saturated carbocycles. The van der Waals surface area contributed by atoms with E-state index in [2.05, 4.69) is 5.32 Å². The molecule has 0 aliphatic carbocycles. The number of hydrogen-bond acceptors (Lipinski definition) is 4. The first-order chi connectivity index (χ1) is 10.8. The summed E-state index contributed by atoms with van der Waals surface area (Å²) in [7, 11) is 1.65. The van der Waals surface area contributed by atoms with Crippen molar-refractivity contribution in [3.05, 3.63) is 65.7 Å². The SMILES string of the molecule is COc1cccc(CN[C@H](CO)COCc2ccccc2)c1. The van der Waals surface area contributed by atoms with Crippen LogP contribution in [-0.2, 0) is 17.9 Å². The molecule has 2 aromatic carbocycles. The summed E-state index contributed by atoms with van der Waals surface area (Å²) in [5, 5.41) is 12.7. The maximum atomic E-state index is 9.43.